The largest absolute Gasteiger partial charge is 0.291 e. The summed E-state index contributed by atoms with van der Waals surface area (Å²) in [6.45, 7) is 4.19. The fraction of sp³-hybridized carbons (Fsp3) is 0.188. The molecule has 0 fully saturated rings. The van der Waals surface area contributed by atoms with Gasteiger partial charge in [-0.1, -0.05) is 6.92 Å². The molecule has 114 valence electrons. The second-order valence-electron chi connectivity index (χ2n) is 5.46. The van der Waals surface area contributed by atoms with Crippen LogP contribution in [0.3, 0.4) is 0 Å². The standard InChI is InChI=1S/C16H13N5S2/c1-3-12-14-13-9(11-7-18-8(2)21(11)20-14)6-10(19-16(13)23-12)15-17-4-5-22-15/h4-7,20H,3H2,1-2H3. The maximum atomic E-state index is 4.87. The van der Waals surface area contributed by atoms with E-state index < -0.39 is 0 Å². The van der Waals surface area contributed by atoms with Crippen LogP contribution < -0.4 is 0 Å². The van der Waals surface area contributed by atoms with Crippen molar-refractivity contribution in [2.24, 2.45) is 0 Å². The summed E-state index contributed by atoms with van der Waals surface area (Å²) in [4.78, 5) is 16.1. The number of hydrogen-bond donors (Lipinski definition) is 1. The van der Waals surface area contributed by atoms with Crippen molar-refractivity contribution in [3.05, 3.63) is 34.5 Å². The van der Waals surface area contributed by atoms with Crippen molar-refractivity contribution in [3.8, 4) is 10.7 Å². The average molecular weight is 339 g/mol. The molecule has 7 heteroatoms. The number of pyridine rings is 1. The van der Waals surface area contributed by atoms with Gasteiger partial charge in [0.05, 0.1) is 17.2 Å². The van der Waals surface area contributed by atoms with E-state index in [0.29, 0.717) is 0 Å². The highest BCUT2D eigenvalue weighted by molar-refractivity contribution is 7.19. The van der Waals surface area contributed by atoms with Gasteiger partial charge in [-0.05, 0) is 19.4 Å². The monoisotopic (exact) mass is 339 g/mol. The Morgan fingerprint density at radius 2 is 2.22 bits per heavy atom. The molecule has 5 aromatic rings. The summed E-state index contributed by atoms with van der Waals surface area (Å²) in [5.74, 6) is 0.958. The SMILES string of the molecule is CCc1sc2nc(-c3nccs3)cc3c2c1[nH]n1c(C)ncc31. The number of nitrogens with zero attached hydrogens (tertiary/aromatic N) is 4. The molecule has 0 aromatic carbocycles. The molecule has 5 heterocycles. The molecule has 0 saturated carbocycles. The molecule has 0 aliphatic rings. The van der Waals surface area contributed by atoms with Gasteiger partial charge in [0.25, 0.3) is 0 Å². The van der Waals surface area contributed by atoms with Crippen LogP contribution in [0.2, 0.25) is 0 Å². The van der Waals surface area contributed by atoms with Gasteiger partial charge in [-0.25, -0.2) is 19.5 Å². The molecule has 0 aliphatic heterocycles. The Morgan fingerprint density at radius 1 is 1.30 bits per heavy atom. The predicted octanol–water partition coefficient (Wildman–Crippen LogP) is 4.42. The van der Waals surface area contributed by atoms with E-state index in [0.717, 1.165) is 33.3 Å². The highest BCUT2D eigenvalue weighted by atomic mass is 32.1. The van der Waals surface area contributed by atoms with Crippen molar-refractivity contribution in [2.45, 2.75) is 20.3 Å². The number of nitrogens with one attached hydrogen (secondary N) is 1. The van der Waals surface area contributed by atoms with Crippen molar-refractivity contribution in [1.82, 2.24) is 24.6 Å². The lowest BCUT2D eigenvalue weighted by Gasteiger charge is -2.06. The number of hydrogen-bond acceptors (Lipinski definition) is 5. The third-order valence-corrected chi connectivity index (χ3v) is 6.17. The average Bonchev–Trinajstić information content (AvgIpc) is 3.28. The summed E-state index contributed by atoms with van der Waals surface area (Å²) in [6.07, 6.45) is 4.73. The van der Waals surface area contributed by atoms with Crippen molar-refractivity contribution < 1.29 is 0 Å². The van der Waals surface area contributed by atoms with Gasteiger partial charge >= 0.3 is 0 Å². The number of H-pyrrole nitrogens is 1. The Bertz CT molecular complexity index is 1160. The molecule has 0 spiro atoms. The van der Waals surface area contributed by atoms with Crippen LogP contribution in [0.1, 0.15) is 17.6 Å². The van der Waals surface area contributed by atoms with Gasteiger partial charge in [0.2, 0.25) is 0 Å². The molecule has 1 N–H and O–H groups in total. The molecule has 0 bridgehead atoms. The molecular weight excluding hydrogens is 326 g/mol. The zero-order valence-electron chi connectivity index (χ0n) is 12.6. The lowest BCUT2D eigenvalue weighted by molar-refractivity contribution is 0.900. The van der Waals surface area contributed by atoms with Gasteiger partial charge in [-0.3, -0.25) is 5.10 Å². The zero-order valence-corrected chi connectivity index (χ0v) is 14.3. The van der Waals surface area contributed by atoms with Gasteiger partial charge in [0, 0.05) is 27.2 Å². The number of aryl methyl sites for hydroxylation is 2. The lowest BCUT2D eigenvalue weighted by atomic mass is 10.1. The first kappa shape index (κ1) is 13.2. The van der Waals surface area contributed by atoms with E-state index in [2.05, 4.69) is 32.6 Å². The molecular formula is C16H13N5S2. The van der Waals surface area contributed by atoms with E-state index in [1.54, 1.807) is 22.7 Å². The van der Waals surface area contributed by atoms with Gasteiger partial charge in [-0.2, -0.15) is 0 Å². The van der Waals surface area contributed by atoms with Crippen LogP contribution in [-0.2, 0) is 6.42 Å². The van der Waals surface area contributed by atoms with Crippen LogP contribution in [0.15, 0.2) is 23.8 Å². The van der Waals surface area contributed by atoms with Crippen molar-refractivity contribution in [3.63, 3.8) is 0 Å². The molecule has 0 atom stereocenters. The van der Waals surface area contributed by atoms with Crippen LogP contribution in [0.5, 0.6) is 0 Å². The fourth-order valence-corrected chi connectivity index (χ4v) is 4.74. The highest BCUT2D eigenvalue weighted by Gasteiger charge is 2.18. The number of rotatable bonds is 2. The molecule has 5 aromatic heterocycles. The lowest BCUT2D eigenvalue weighted by Crippen LogP contribution is -1.97. The molecule has 0 unspecified atom stereocenters. The number of thiazole rings is 1. The molecule has 0 amide bonds. The summed E-state index contributed by atoms with van der Waals surface area (Å²) < 4.78 is 2.06. The number of imidazole rings is 1. The van der Waals surface area contributed by atoms with Gasteiger partial charge in [-0.15, -0.1) is 22.7 Å². The van der Waals surface area contributed by atoms with Crippen molar-refractivity contribution in [2.75, 3.05) is 0 Å². The first-order valence-corrected chi connectivity index (χ1v) is 9.14. The molecule has 23 heavy (non-hydrogen) atoms. The van der Waals surface area contributed by atoms with E-state index in [1.165, 1.54) is 21.2 Å². The summed E-state index contributed by atoms with van der Waals surface area (Å²) in [6, 6.07) is 2.14. The third-order valence-electron chi connectivity index (χ3n) is 4.15. The predicted molar refractivity (Wildman–Crippen MR) is 95.4 cm³/mol. The number of fused-ring (bicyclic) bond motifs is 2. The second kappa shape index (κ2) is 4.62. The maximum Gasteiger partial charge on any atom is 0.141 e. The van der Waals surface area contributed by atoms with Crippen LogP contribution in [0.4, 0.5) is 0 Å². The fourth-order valence-electron chi connectivity index (χ4n) is 3.06. The smallest absolute Gasteiger partial charge is 0.141 e. The summed E-state index contributed by atoms with van der Waals surface area (Å²) in [5, 5.41) is 8.85. The van der Waals surface area contributed by atoms with Crippen LogP contribution >= 0.6 is 22.7 Å². The maximum absolute atomic E-state index is 4.87. The van der Waals surface area contributed by atoms with Gasteiger partial charge in [0.1, 0.15) is 21.4 Å². The summed E-state index contributed by atoms with van der Waals surface area (Å²) in [7, 11) is 0. The Kier molecular flexibility index (Phi) is 2.66. The molecule has 0 radical (unpaired) electrons. The Balaban J connectivity index is 2.02. The summed E-state index contributed by atoms with van der Waals surface area (Å²) >= 11 is 3.38. The van der Waals surface area contributed by atoms with Crippen molar-refractivity contribution in [1.29, 1.82) is 0 Å². The Morgan fingerprint density at radius 3 is 3.00 bits per heavy atom. The molecule has 0 aliphatic carbocycles. The third kappa shape index (κ3) is 1.74. The van der Waals surface area contributed by atoms with E-state index >= 15 is 0 Å². The van der Waals surface area contributed by atoms with E-state index in [9.17, 15) is 0 Å². The number of aromatic nitrogens is 5. The van der Waals surface area contributed by atoms with Crippen molar-refractivity contribution >= 4 is 49.3 Å². The minimum absolute atomic E-state index is 0.935. The number of aromatic amines is 1. The van der Waals surface area contributed by atoms with Crippen LogP contribution in [0.25, 0.3) is 37.3 Å². The van der Waals surface area contributed by atoms with Crippen LogP contribution in [-0.4, -0.2) is 24.6 Å². The van der Waals surface area contributed by atoms with Gasteiger partial charge < -0.3 is 0 Å². The summed E-state index contributed by atoms with van der Waals surface area (Å²) in [5.41, 5.74) is 3.19. The quantitative estimate of drug-likeness (QED) is 0.518. The topological polar surface area (TPSA) is 58.9 Å². The Hall–Kier alpha value is -2.25. The Labute approximate surface area is 139 Å². The molecule has 5 nitrogen and oxygen atoms in total. The molecule has 0 saturated heterocycles. The second-order valence-corrected chi connectivity index (χ2v) is 7.44. The minimum Gasteiger partial charge on any atom is -0.291 e. The first-order chi connectivity index (χ1) is 11.3. The molecule has 5 rings (SSSR count). The van der Waals surface area contributed by atoms with E-state index in [-0.39, 0.29) is 0 Å². The van der Waals surface area contributed by atoms with E-state index in [4.69, 9.17) is 4.98 Å². The number of thiophene rings is 1. The normalized spacial score (nSPS) is 12.1. The zero-order chi connectivity index (χ0) is 15.6. The highest BCUT2D eigenvalue weighted by Crippen LogP contribution is 2.38. The minimum atomic E-state index is 0.935. The van der Waals surface area contributed by atoms with E-state index in [1.807, 2.05) is 24.7 Å². The van der Waals surface area contributed by atoms with Gasteiger partial charge in [0.15, 0.2) is 0 Å². The first-order valence-electron chi connectivity index (χ1n) is 7.44. The van der Waals surface area contributed by atoms with Crippen LogP contribution in [0, 0.1) is 6.92 Å².